The number of piperidine rings is 1. The molecule has 6 nitrogen and oxygen atoms in total. The number of ether oxygens (including phenoxy) is 1. The molecule has 2 aromatic carbocycles. The van der Waals surface area contributed by atoms with E-state index in [1.165, 1.54) is 0 Å². The second-order valence-electron chi connectivity index (χ2n) is 8.98. The molecule has 168 valence electrons. The molecule has 2 aliphatic heterocycles. The smallest absolute Gasteiger partial charge is 0.339 e. The lowest BCUT2D eigenvalue weighted by molar-refractivity contribution is -0.0430. The van der Waals surface area contributed by atoms with Crippen LogP contribution >= 0.6 is 11.6 Å². The number of benzene rings is 2. The van der Waals surface area contributed by atoms with Gasteiger partial charge in [-0.05, 0) is 49.4 Å². The van der Waals surface area contributed by atoms with E-state index in [0.717, 1.165) is 55.5 Å². The van der Waals surface area contributed by atoms with Crippen molar-refractivity contribution >= 4 is 34.1 Å². The second-order valence-corrected chi connectivity index (χ2v) is 9.41. The highest BCUT2D eigenvalue weighted by Crippen LogP contribution is 2.44. The van der Waals surface area contributed by atoms with Gasteiger partial charge >= 0.3 is 5.97 Å². The zero-order valence-corrected chi connectivity index (χ0v) is 18.9. The van der Waals surface area contributed by atoms with Crippen LogP contribution in [-0.4, -0.2) is 39.5 Å². The first-order valence-corrected chi connectivity index (χ1v) is 11.8. The fourth-order valence-corrected chi connectivity index (χ4v) is 5.63. The van der Waals surface area contributed by atoms with Gasteiger partial charge in [-0.3, -0.25) is 4.79 Å². The summed E-state index contributed by atoms with van der Waals surface area (Å²) in [5.74, 6) is -0.270. The zero-order valence-electron chi connectivity index (χ0n) is 18.2. The number of hydrogen-bond acceptors (Lipinski definition) is 4. The van der Waals surface area contributed by atoms with Gasteiger partial charge in [-0.2, -0.15) is 0 Å². The van der Waals surface area contributed by atoms with Crippen molar-refractivity contribution < 1.29 is 9.53 Å². The lowest BCUT2D eigenvalue weighted by Gasteiger charge is -2.38. The molecule has 2 aromatic heterocycles. The highest BCUT2D eigenvalue weighted by Gasteiger charge is 2.47. The van der Waals surface area contributed by atoms with Crippen LogP contribution in [0.3, 0.4) is 0 Å². The Morgan fingerprint density at radius 3 is 2.48 bits per heavy atom. The van der Waals surface area contributed by atoms with Gasteiger partial charge in [-0.25, -0.2) is 4.79 Å². The highest BCUT2D eigenvalue weighted by molar-refractivity contribution is 6.31. The first-order chi connectivity index (χ1) is 16.1. The summed E-state index contributed by atoms with van der Waals surface area (Å²) in [5, 5.41) is 0.557. The van der Waals surface area contributed by atoms with E-state index < -0.39 is 5.60 Å². The number of aromatic nitrogens is 2. The molecule has 1 saturated heterocycles. The lowest BCUT2D eigenvalue weighted by atomic mass is 9.84. The van der Waals surface area contributed by atoms with E-state index in [2.05, 4.69) is 11.0 Å². The maximum absolute atomic E-state index is 13.1. The average Bonchev–Trinajstić information content (AvgIpc) is 3.41. The Hall–Kier alpha value is -3.09. The topological polar surface area (TPSA) is 56.0 Å². The van der Waals surface area contributed by atoms with Gasteiger partial charge in [0.05, 0.1) is 16.6 Å². The minimum absolute atomic E-state index is 0.0458. The summed E-state index contributed by atoms with van der Waals surface area (Å²) in [6, 6.07) is 17.3. The third-order valence-corrected chi connectivity index (χ3v) is 7.38. The molecule has 0 unspecified atom stereocenters. The van der Waals surface area contributed by atoms with E-state index in [1.807, 2.05) is 57.6 Å². The van der Waals surface area contributed by atoms with Crippen molar-refractivity contribution in [1.29, 1.82) is 0 Å². The van der Waals surface area contributed by atoms with Crippen LogP contribution in [0.1, 0.15) is 35.2 Å². The van der Waals surface area contributed by atoms with Crippen LogP contribution in [0.2, 0.25) is 5.02 Å². The van der Waals surface area contributed by atoms with Crippen molar-refractivity contribution in [2.24, 2.45) is 0 Å². The summed E-state index contributed by atoms with van der Waals surface area (Å²) in [6.45, 7) is 3.26. The predicted octanol–water partition coefficient (Wildman–Crippen LogP) is 4.46. The summed E-state index contributed by atoms with van der Waals surface area (Å²) in [5.41, 5.74) is 3.79. The number of halogens is 1. The van der Waals surface area contributed by atoms with Crippen molar-refractivity contribution in [1.82, 2.24) is 13.9 Å². The van der Waals surface area contributed by atoms with Crippen molar-refractivity contribution in [3.05, 3.63) is 87.3 Å². The Morgan fingerprint density at radius 1 is 0.909 bits per heavy atom. The number of para-hydroxylation sites is 2. The Kier molecular flexibility index (Phi) is 4.82. The van der Waals surface area contributed by atoms with E-state index in [9.17, 15) is 9.59 Å². The molecule has 1 fully saturated rings. The van der Waals surface area contributed by atoms with Crippen LogP contribution in [0.4, 0.5) is 0 Å². The molecule has 0 radical (unpaired) electrons. The van der Waals surface area contributed by atoms with Crippen molar-refractivity contribution in [2.45, 2.75) is 31.4 Å². The molecule has 0 amide bonds. The summed E-state index contributed by atoms with van der Waals surface area (Å²) in [7, 11) is 0. The molecule has 0 aliphatic carbocycles. The van der Waals surface area contributed by atoms with E-state index in [-0.39, 0.29) is 11.5 Å². The highest BCUT2D eigenvalue weighted by atomic mass is 35.5. The molecule has 2 aliphatic rings. The van der Waals surface area contributed by atoms with E-state index in [0.29, 0.717) is 22.6 Å². The quantitative estimate of drug-likeness (QED) is 0.421. The SMILES string of the molecule is O=C1OC2(CCN(CCCn3c(=O)c4cccn4c4ccccc43)CC2)c2ccc(Cl)cc21. The monoisotopic (exact) mass is 461 g/mol. The Labute approximate surface area is 195 Å². The number of carbonyl (C=O) groups excluding carboxylic acids is 1. The molecule has 0 atom stereocenters. The van der Waals surface area contributed by atoms with E-state index in [4.69, 9.17) is 16.3 Å². The number of nitrogens with zero attached hydrogens (tertiary/aromatic N) is 3. The number of esters is 1. The van der Waals surface area contributed by atoms with Gasteiger partial charge in [0, 0.05) is 49.3 Å². The third-order valence-electron chi connectivity index (χ3n) is 7.15. The minimum atomic E-state index is -0.527. The molecule has 0 bridgehead atoms. The van der Waals surface area contributed by atoms with Crippen molar-refractivity contribution in [2.75, 3.05) is 19.6 Å². The third kappa shape index (κ3) is 3.28. The molecule has 0 N–H and O–H groups in total. The fourth-order valence-electron chi connectivity index (χ4n) is 5.46. The van der Waals surface area contributed by atoms with E-state index in [1.54, 1.807) is 6.07 Å². The van der Waals surface area contributed by atoms with Gasteiger partial charge in [0.15, 0.2) is 0 Å². The summed E-state index contributed by atoms with van der Waals surface area (Å²) in [6.07, 6.45) is 4.35. The van der Waals surface area contributed by atoms with Gasteiger partial charge in [-0.1, -0.05) is 29.8 Å². The number of carbonyl (C=O) groups is 1. The normalized spacial score (nSPS) is 17.7. The maximum Gasteiger partial charge on any atom is 0.339 e. The summed E-state index contributed by atoms with van der Waals surface area (Å²) >= 11 is 6.08. The number of fused-ring (bicyclic) bond motifs is 5. The number of likely N-dealkylation sites (tertiary alicyclic amines) is 1. The van der Waals surface area contributed by atoms with Gasteiger partial charge < -0.3 is 18.6 Å². The second kappa shape index (κ2) is 7.75. The molecule has 0 saturated carbocycles. The molecular formula is C26H24ClN3O3. The largest absolute Gasteiger partial charge is 0.450 e. The van der Waals surface area contributed by atoms with Crippen LogP contribution in [-0.2, 0) is 16.9 Å². The molecular weight excluding hydrogens is 438 g/mol. The molecule has 33 heavy (non-hydrogen) atoms. The molecule has 4 heterocycles. The number of aryl methyl sites for hydroxylation is 1. The summed E-state index contributed by atoms with van der Waals surface area (Å²) < 4.78 is 9.72. The number of hydrogen-bond donors (Lipinski definition) is 0. The first kappa shape index (κ1) is 20.5. The standard InChI is InChI=1S/C26H24ClN3O3/c27-18-8-9-20-19(17-18)25(32)33-26(20)10-15-28(16-11-26)12-4-14-30-22-6-2-1-5-21(22)29-13-3-7-23(29)24(30)31/h1-3,5-9,13,17H,4,10-12,14-16H2. The van der Waals surface area contributed by atoms with Crippen LogP contribution in [0, 0.1) is 0 Å². The van der Waals surface area contributed by atoms with Gasteiger partial charge in [-0.15, -0.1) is 0 Å². The number of rotatable bonds is 4. The first-order valence-electron chi connectivity index (χ1n) is 11.4. The van der Waals surface area contributed by atoms with E-state index >= 15 is 0 Å². The predicted molar refractivity (Wildman–Crippen MR) is 128 cm³/mol. The van der Waals surface area contributed by atoms with Gasteiger partial charge in [0.1, 0.15) is 11.1 Å². The van der Waals surface area contributed by atoms with Crippen LogP contribution in [0.25, 0.3) is 16.6 Å². The Balaban J connectivity index is 1.16. The van der Waals surface area contributed by atoms with Gasteiger partial charge in [0.25, 0.3) is 5.56 Å². The molecule has 4 aromatic rings. The van der Waals surface area contributed by atoms with Crippen molar-refractivity contribution in [3.8, 4) is 0 Å². The summed E-state index contributed by atoms with van der Waals surface area (Å²) in [4.78, 5) is 27.9. The Morgan fingerprint density at radius 2 is 1.67 bits per heavy atom. The van der Waals surface area contributed by atoms with Crippen LogP contribution in [0.15, 0.2) is 65.6 Å². The van der Waals surface area contributed by atoms with Gasteiger partial charge in [0.2, 0.25) is 0 Å². The van der Waals surface area contributed by atoms with Crippen LogP contribution in [0.5, 0.6) is 0 Å². The zero-order chi connectivity index (χ0) is 22.6. The molecule has 6 rings (SSSR count). The molecule has 7 heteroatoms. The Bertz CT molecular complexity index is 1450. The van der Waals surface area contributed by atoms with Crippen LogP contribution < -0.4 is 5.56 Å². The average molecular weight is 462 g/mol. The molecule has 1 spiro atoms. The maximum atomic E-state index is 13.1. The fraction of sp³-hybridized carbons (Fsp3) is 0.308. The lowest BCUT2D eigenvalue weighted by Crippen LogP contribution is -2.43. The minimum Gasteiger partial charge on any atom is -0.450 e. The van der Waals surface area contributed by atoms with Crippen molar-refractivity contribution in [3.63, 3.8) is 0 Å².